The maximum absolute atomic E-state index is 12.8. The molecule has 0 bridgehead atoms. The van der Waals surface area contributed by atoms with Gasteiger partial charge in [-0.05, 0) is 36.4 Å². The zero-order chi connectivity index (χ0) is 19.6. The first-order chi connectivity index (χ1) is 13.6. The molecule has 1 fully saturated rings. The second kappa shape index (κ2) is 7.83. The van der Waals surface area contributed by atoms with Crippen LogP contribution in [0.3, 0.4) is 0 Å². The minimum atomic E-state index is -3.61. The molecule has 0 unspecified atom stereocenters. The van der Waals surface area contributed by atoms with Crippen LogP contribution in [0.5, 0.6) is 0 Å². The van der Waals surface area contributed by atoms with Crippen LogP contribution in [0.2, 0.25) is 5.02 Å². The zero-order valence-electron chi connectivity index (χ0n) is 14.9. The molecule has 9 heteroatoms. The van der Waals surface area contributed by atoms with Gasteiger partial charge >= 0.3 is 0 Å². The predicted molar refractivity (Wildman–Crippen MR) is 108 cm³/mol. The van der Waals surface area contributed by atoms with Crippen molar-refractivity contribution in [3.05, 3.63) is 65.9 Å². The van der Waals surface area contributed by atoms with E-state index in [4.69, 9.17) is 11.6 Å². The lowest BCUT2D eigenvalue weighted by molar-refractivity contribution is 0.383. The highest BCUT2D eigenvalue weighted by atomic mass is 35.5. The second-order valence-electron chi connectivity index (χ2n) is 6.33. The van der Waals surface area contributed by atoms with E-state index in [1.165, 1.54) is 10.4 Å². The van der Waals surface area contributed by atoms with Crippen LogP contribution in [0.15, 0.2) is 65.8 Å². The zero-order valence-corrected chi connectivity index (χ0v) is 16.5. The monoisotopic (exact) mass is 415 g/mol. The first kappa shape index (κ1) is 18.8. The second-order valence-corrected chi connectivity index (χ2v) is 8.65. The smallest absolute Gasteiger partial charge is 0.244 e. The number of hydrogen-bond donors (Lipinski definition) is 0. The van der Waals surface area contributed by atoms with E-state index in [2.05, 4.69) is 15.2 Å². The van der Waals surface area contributed by atoms with Gasteiger partial charge in [0.15, 0.2) is 5.82 Å². The minimum absolute atomic E-state index is 0.145. The Kier molecular flexibility index (Phi) is 5.25. The number of aromatic nitrogens is 3. The summed E-state index contributed by atoms with van der Waals surface area (Å²) >= 11 is 6.08. The molecule has 28 heavy (non-hydrogen) atoms. The number of benzene rings is 1. The fourth-order valence-electron chi connectivity index (χ4n) is 3.12. The lowest BCUT2D eigenvalue weighted by Crippen LogP contribution is -2.49. The first-order valence-electron chi connectivity index (χ1n) is 8.79. The van der Waals surface area contributed by atoms with Crippen molar-refractivity contribution in [1.29, 1.82) is 0 Å². The normalized spacial score (nSPS) is 15.5. The summed E-state index contributed by atoms with van der Waals surface area (Å²) in [4.78, 5) is 6.17. The van der Waals surface area contributed by atoms with Crippen LogP contribution in [0, 0.1) is 0 Å². The Bertz CT molecular complexity index is 1050. The molecule has 3 heterocycles. The Balaban J connectivity index is 1.45. The van der Waals surface area contributed by atoms with Gasteiger partial charge in [0.05, 0.1) is 10.7 Å². The number of rotatable bonds is 4. The summed E-state index contributed by atoms with van der Waals surface area (Å²) in [5, 5.41) is 8.83. The van der Waals surface area contributed by atoms with Gasteiger partial charge in [-0.15, -0.1) is 10.2 Å². The van der Waals surface area contributed by atoms with Gasteiger partial charge in [0.1, 0.15) is 4.90 Å². The van der Waals surface area contributed by atoms with E-state index in [0.717, 1.165) is 17.1 Å². The third-order valence-electron chi connectivity index (χ3n) is 4.64. The summed E-state index contributed by atoms with van der Waals surface area (Å²) in [5.74, 6) is 0.729. The average molecular weight is 416 g/mol. The summed E-state index contributed by atoms with van der Waals surface area (Å²) in [5.41, 5.74) is 1.72. The first-order valence-corrected chi connectivity index (χ1v) is 10.6. The lowest BCUT2D eigenvalue weighted by atomic mass is 10.2. The Hall–Kier alpha value is -2.55. The molecule has 4 rings (SSSR count). The lowest BCUT2D eigenvalue weighted by Gasteiger charge is -2.34. The van der Waals surface area contributed by atoms with Crippen LogP contribution in [-0.2, 0) is 10.0 Å². The van der Waals surface area contributed by atoms with Crippen molar-refractivity contribution in [2.24, 2.45) is 0 Å². The van der Waals surface area contributed by atoms with Crippen LogP contribution in [-0.4, -0.2) is 54.1 Å². The van der Waals surface area contributed by atoms with E-state index in [0.29, 0.717) is 26.2 Å². The molecule has 1 aromatic carbocycles. The fraction of sp³-hybridized carbons (Fsp3) is 0.211. The molecule has 3 aromatic rings. The van der Waals surface area contributed by atoms with Crippen molar-refractivity contribution in [2.75, 3.05) is 31.1 Å². The topological polar surface area (TPSA) is 79.3 Å². The molecule has 0 N–H and O–H groups in total. The molecule has 0 saturated carbocycles. The molecule has 0 atom stereocenters. The third-order valence-corrected chi connectivity index (χ3v) is 7.04. The fourth-order valence-corrected chi connectivity index (χ4v) is 5.04. The highest BCUT2D eigenvalue weighted by Gasteiger charge is 2.30. The summed E-state index contributed by atoms with van der Waals surface area (Å²) in [6, 6.07) is 14.1. The van der Waals surface area contributed by atoms with Gasteiger partial charge in [0.25, 0.3) is 0 Å². The molecular weight excluding hydrogens is 398 g/mol. The summed E-state index contributed by atoms with van der Waals surface area (Å²) < 4.78 is 27.1. The van der Waals surface area contributed by atoms with Crippen LogP contribution in [0.4, 0.5) is 5.82 Å². The molecule has 0 aliphatic carbocycles. The van der Waals surface area contributed by atoms with E-state index in [-0.39, 0.29) is 9.92 Å². The molecule has 1 aliphatic rings. The van der Waals surface area contributed by atoms with Crippen molar-refractivity contribution < 1.29 is 8.42 Å². The number of pyridine rings is 1. The van der Waals surface area contributed by atoms with Crippen molar-refractivity contribution >= 4 is 27.4 Å². The maximum atomic E-state index is 12.8. The van der Waals surface area contributed by atoms with E-state index < -0.39 is 10.0 Å². The van der Waals surface area contributed by atoms with Gasteiger partial charge in [-0.25, -0.2) is 8.42 Å². The number of halogens is 1. The standard InChI is InChI=1S/C19H18ClN5O2S/c20-16-3-1-2-4-18(16)28(26,27)25-13-11-24(12-14-25)19-6-5-17(22-23-19)15-7-9-21-10-8-15/h1-10H,11-14H2. The molecule has 144 valence electrons. The summed E-state index contributed by atoms with van der Waals surface area (Å²) in [7, 11) is -3.61. The van der Waals surface area contributed by atoms with Crippen LogP contribution >= 0.6 is 11.6 Å². The molecule has 2 aromatic heterocycles. The number of piperazine rings is 1. The van der Waals surface area contributed by atoms with Gasteiger partial charge in [-0.3, -0.25) is 4.98 Å². The molecule has 1 aliphatic heterocycles. The highest BCUT2D eigenvalue weighted by Crippen LogP contribution is 2.26. The third kappa shape index (κ3) is 3.71. The van der Waals surface area contributed by atoms with Gasteiger partial charge in [-0.2, -0.15) is 4.31 Å². The predicted octanol–water partition coefficient (Wildman–Crippen LogP) is 2.70. The van der Waals surface area contributed by atoms with Crippen molar-refractivity contribution in [3.8, 4) is 11.3 Å². The Morgan fingerprint density at radius 1 is 0.857 bits per heavy atom. The van der Waals surface area contributed by atoms with Crippen molar-refractivity contribution in [2.45, 2.75) is 4.90 Å². The van der Waals surface area contributed by atoms with Crippen molar-refractivity contribution in [1.82, 2.24) is 19.5 Å². The Morgan fingerprint density at radius 2 is 1.57 bits per heavy atom. The molecule has 1 saturated heterocycles. The van der Waals surface area contributed by atoms with E-state index in [9.17, 15) is 8.42 Å². The van der Waals surface area contributed by atoms with Crippen LogP contribution < -0.4 is 4.90 Å². The SMILES string of the molecule is O=S(=O)(c1ccccc1Cl)N1CCN(c2ccc(-c3ccncc3)nn2)CC1. The average Bonchev–Trinajstić information content (AvgIpc) is 2.75. The number of nitrogens with zero attached hydrogens (tertiary/aromatic N) is 5. The highest BCUT2D eigenvalue weighted by molar-refractivity contribution is 7.89. The number of hydrogen-bond acceptors (Lipinski definition) is 6. The Morgan fingerprint density at radius 3 is 2.21 bits per heavy atom. The van der Waals surface area contributed by atoms with Gasteiger partial charge < -0.3 is 4.90 Å². The molecule has 7 nitrogen and oxygen atoms in total. The molecule has 0 amide bonds. The number of sulfonamides is 1. The summed E-state index contributed by atoms with van der Waals surface area (Å²) in [6.45, 7) is 1.79. The van der Waals surface area contributed by atoms with Crippen LogP contribution in [0.25, 0.3) is 11.3 Å². The quantitative estimate of drug-likeness (QED) is 0.651. The molecule has 0 spiro atoms. The Labute approximate surface area is 168 Å². The van der Waals surface area contributed by atoms with Crippen molar-refractivity contribution in [3.63, 3.8) is 0 Å². The van der Waals surface area contributed by atoms with Crippen LogP contribution in [0.1, 0.15) is 0 Å². The van der Waals surface area contributed by atoms with Gasteiger partial charge in [0, 0.05) is 44.1 Å². The summed E-state index contributed by atoms with van der Waals surface area (Å²) in [6.07, 6.45) is 3.42. The number of anilines is 1. The largest absolute Gasteiger partial charge is 0.352 e. The van der Waals surface area contributed by atoms with E-state index >= 15 is 0 Å². The van der Waals surface area contributed by atoms with E-state index in [1.54, 1.807) is 30.6 Å². The van der Waals surface area contributed by atoms with Gasteiger partial charge in [0.2, 0.25) is 10.0 Å². The maximum Gasteiger partial charge on any atom is 0.244 e. The molecule has 0 radical (unpaired) electrons. The molecular formula is C19H18ClN5O2S. The van der Waals surface area contributed by atoms with Gasteiger partial charge in [-0.1, -0.05) is 23.7 Å². The minimum Gasteiger partial charge on any atom is -0.352 e. The van der Waals surface area contributed by atoms with E-state index in [1.807, 2.05) is 29.2 Å².